The average Bonchev–Trinajstić information content (AvgIpc) is 2.65. The lowest BCUT2D eigenvalue weighted by Crippen LogP contribution is -2.39. The number of carboxylic acids is 1. The highest BCUT2D eigenvalue weighted by Crippen LogP contribution is 2.20. The predicted octanol–water partition coefficient (Wildman–Crippen LogP) is -0.573. The molecule has 6 heteroatoms. The first kappa shape index (κ1) is 12.9. The van der Waals surface area contributed by atoms with Crippen LogP contribution in [0.3, 0.4) is 0 Å². The number of carbonyl (C=O) groups excluding carboxylic acids is 1. The van der Waals surface area contributed by atoms with Crippen molar-refractivity contribution in [2.75, 3.05) is 26.3 Å². The van der Waals surface area contributed by atoms with E-state index in [9.17, 15) is 9.59 Å². The van der Waals surface area contributed by atoms with Gasteiger partial charge in [0, 0.05) is 19.1 Å². The van der Waals surface area contributed by atoms with Gasteiger partial charge in [0.2, 0.25) is 5.91 Å². The highest BCUT2D eigenvalue weighted by atomic mass is 16.5. The molecule has 1 fully saturated rings. The second-order valence-electron chi connectivity index (χ2n) is 3.82. The highest BCUT2D eigenvalue weighted by molar-refractivity contribution is 5.79. The van der Waals surface area contributed by atoms with Crippen molar-refractivity contribution in [1.82, 2.24) is 4.90 Å². The van der Waals surface area contributed by atoms with E-state index >= 15 is 0 Å². The van der Waals surface area contributed by atoms with Crippen molar-refractivity contribution < 1.29 is 19.4 Å². The molecule has 1 saturated heterocycles. The topological polar surface area (TPSA) is 92.9 Å². The minimum absolute atomic E-state index is 0.00663. The van der Waals surface area contributed by atoms with Gasteiger partial charge in [-0.3, -0.25) is 9.59 Å². The zero-order valence-corrected chi connectivity index (χ0v) is 9.22. The Morgan fingerprint density at radius 2 is 2.25 bits per heavy atom. The van der Waals surface area contributed by atoms with Crippen LogP contribution in [0.25, 0.3) is 0 Å². The lowest BCUT2D eigenvalue weighted by molar-refractivity contribution is -0.141. The molecule has 0 spiro atoms. The Balaban J connectivity index is 2.38. The summed E-state index contributed by atoms with van der Waals surface area (Å²) >= 11 is 0. The smallest absolute Gasteiger partial charge is 0.305 e. The molecule has 1 aliphatic heterocycles. The molecule has 1 atom stereocenters. The van der Waals surface area contributed by atoms with Gasteiger partial charge in [0.25, 0.3) is 0 Å². The fourth-order valence-corrected chi connectivity index (χ4v) is 1.90. The van der Waals surface area contributed by atoms with Gasteiger partial charge < -0.3 is 20.5 Å². The lowest BCUT2D eigenvalue weighted by atomic mass is 10.1. The minimum Gasteiger partial charge on any atom is -0.481 e. The third kappa shape index (κ3) is 3.79. The summed E-state index contributed by atoms with van der Waals surface area (Å²) in [5.41, 5.74) is 5.23. The van der Waals surface area contributed by atoms with Gasteiger partial charge in [-0.05, 0) is 12.8 Å². The van der Waals surface area contributed by atoms with Crippen molar-refractivity contribution in [1.29, 1.82) is 0 Å². The summed E-state index contributed by atoms with van der Waals surface area (Å²) in [4.78, 5) is 23.9. The molecular weight excluding hydrogens is 212 g/mol. The quantitative estimate of drug-likeness (QED) is 0.596. The fourth-order valence-electron chi connectivity index (χ4n) is 1.90. The number of likely N-dealkylation sites (tertiary alicyclic amines) is 1. The van der Waals surface area contributed by atoms with Crippen molar-refractivity contribution in [3.8, 4) is 0 Å². The maximum absolute atomic E-state index is 11.7. The van der Waals surface area contributed by atoms with Crippen LogP contribution in [0, 0.1) is 0 Å². The standard InChI is InChI=1S/C10H18N2O4/c11-3-5-16-7-9(13)12-4-1-2-8(12)6-10(14)15/h8H,1-7,11H2,(H,14,15). The largest absolute Gasteiger partial charge is 0.481 e. The van der Waals surface area contributed by atoms with Gasteiger partial charge in [0.15, 0.2) is 0 Å². The molecule has 1 unspecified atom stereocenters. The summed E-state index contributed by atoms with van der Waals surface area (Å²) < 4.78 is 5.05. The van der Waals surface area contributed by atoms with Crippen LogP contribution in [0.4, 0.5) is 0 Å². The molecule has 3 N–H and O–H groups in total. The summed E-state index contributed by atoms with van der Waals surface area (Å²) in [5, 5.41) is 8.70. The third-order valence-corrected chi connectivity index (χ3v) is 2.60. The molecule has 1 aliphatic rings. The molecule has 0 aromatic carbocycles. The van der Waals surface area contributed by atoms with E-state index < -0.39 is 5.97 Å². The van der Waals surface area contributed by atoms with Crippen LogP contribution >= 0.6 is 0 Å². The van der Waals surface area contributed by atoms with Crippen LogP contribution in [0.5, 0.6) is 0 Å². The van der Waals surface area contributed by atoms with E-state index in [1.807, 2.05) is 0 Å². The van der Waals surface area contributed by atoms with E-state index in [0.717, 1.165) is 12.8 Å². The molecule has 0 radical (unpaired) electrons. The molecule has 0 aromatic heterocycles. The number of hydrogen-bond acceptors (Lipinski definition) is 4. The molecule has 1 heterocycles. The minimum atomic E-state index is -0.868. The summed E-state index contributed by atoms with van der Waals surface area (Å²) in [6.07, 6.45) is 1.64. The summed E-state index contributed by atoms with van der Waals surface area (Å²) in [7, 11) is 0. The zero-order valence-electron chi connectivity index (χ0n) is 9.22. The van der Waals surface area contributed by atoms with Gasteiger partial charge in [-0.25, -0.2) is 0 Å². The number of rotatable bonds is 6. The van der Waals surface area contributed by atoms with E-state index in [1.54, 1.807) is 4.90 Å². The van der Waals surface area contributed by atoms with E-state index in [4.69, 9.17) is 15.6 Å². The van der Waals surface area contributed by atoms with Gasteiger partial charge in [-0.15, -0.1) is 0 Å². The van der Waals surface area contributed by atoms with Crippen molar-refractivity contribution in [2.24, 2.45) is 5.73 Å². The first-order chi connectivity index (χ1) is 7.65. The van der Waals surface area contributed by atoms with E-state index in [1.165, 1.54) is 0 Å². The van der Waals surface area contributed by atoms with Crippen LogP contribution in [0.2, 0.25) is 0 Å². The number of carbonyl (C=O) groups is 2. The molecule has 6 nitrogen and oxygen atoms in total. The lowest BCUT2D eigenvalue weighted by Gasteiger charge is -2.23. The molecule has 16 heavy (non-hydrogen) atoms. The van der Waals surface area contributed by atoms with Crippen molar-refractivity contribution in [2.45, 2.75) is 25.3 Å². The number of hydrogen-bond donors (Lipinski definition) is 2. The summed E-state index contributed by atoms with van der Waals surface area (Å²) in [6, 6.07) is -0.175. The highest BCUT2D eigenvalue weighted by Gasteiger charge is 2.29. The normalized spacial score (nSPS) is 20.1. The van der Waals surface area contributed by atoms with Crippen LogP contribution in [-0.2, 0) is 14.3 Å². The van der Waals surface area contributed by atoms with Crippen molar-refractivity contribution in [3.63, 3.8) is 0 Å². The van der Waals surface area contributed by atoms with Crippen LogP contribution in [0.1, 0.15) is 19.3 Å². The summed E-state index contributed by atoms with van der Waals surface area (Å²) in [6.45, 7) is 1.35. The maximum atomic E-state index is 11.7. The van der Waals surface area contributed by atoms with Crippen molar-refractivity contribution in [3.05, 3.63) is 0 Å². The van der Waals surface area contributed by atoms with Gasteiger partial charge in [-0.2, -0.15) is 0 Å². The molecule has 1 rings (SSSR count). The molecule has 0 saturated carbocycles. The van der Waals surface area contributed by atoms with Crippen LogP contribution in [0.15, 0.2) is 0 Å². The molecule has 1 amide bonds. The van der Waals surface area contributed by atoms with E-state index in [-0.39, 0.29) is 25.0 Å². The van der Waals surface area contributed by atoms with Crippen LogP contribution < -0.4 is 5.73 Å². The Morgan fingerprint density at radius 1 is 1.50 bits per heavy atom. The number of carboxylic acid groups (broad SMARTS) is 1. The van der Waals surface area contributed by atoms with Gasteiger partial charge in [0.1, 0.15) is 6.61 Å². The molecule has 0 aromatic rings. The summed E-state index contributed by atoms with van der Waals surface area (Å²) in [5.74, 6) is -1.01. The second kappa shape index (κ2) is 6.44. The van der Waals surface area contributed by atoms with E-state index in [2.05, 4.69) is 0 Å². The Labute approximate surface area is 94.3 Å². The Morgan fingerprint density at radius 3 is 2.88 bits per heavy atom. The first-order valence-corrected chi connectivity index (χ1v) is 5.44. The second-order valence-corrected chi connectivity index (χ2v) is 3.82. The average molecular weight is 230 g/mol. The Bertz CT molecular complexity index is 257. The molecule has 92 valence electrons. The zero-order chi connectivity index (χ0) is 12.0. The fraction of sp³-hybridized carbons (Fsp3) is 0.800. The maximum Gasteiger partial charge on any atom is 0.305 e. The number of nitrogens with two attached hydrogens (primary N) is 1. The number of amides is 1. The van der Waals surface area contributed by atoms with Crippen LogP contribution in [-0.4, -0.2) is 54.2 Å². The molecule has 0 aliphatic carbocycles. The Hall–Kier alpha value is -1.14. The van der Waals surface area contributed by atoms with E-state index in [0.29, 0.717) is 19.7 Å². The monoisotopic (exact) mass is 230 g/mol. The van der Waals surface area contributed by atoms with Gasteiger partial charge in [-0.1, -0.05) is 0 Å². The number of nitrogens with zero attached hydrogens (tertiary/aromatic N) is 1. The SMILES string of the molecule is NCCOCC(=O)N1CCCC1CC(=O)O. The van der Waals surface area contributed by atoms with Gasteiger partial charge in [0.05, 0.1) is 13.0 Å². The third-order valence-electron chi connectivity index (χ3n) is 2.60. The van der Waals surface area contributed by atoms with Gasteiger partial charge >= 0.3 is 5.97 Å². The van der Waals surface area contributed by atoms with Crippen molar-refractivity contribution >= 4 is 11.9 Å². The Kier molecular flexibility index (Phi) is 5.21. The first-order valence-electron chi connectivity index (χ1n) is 5.44. The number of ether oxygens (including phenoxy) is 1. The number of aliphatic carboxylic acids is 1. The predicted molar refractivity (Wildman–Crippen MR) is 56.9 cm³/mol. The molecule has 0 bridgehead atoms. The molecular formula is C10H18N2O4.